The van der Waals surface area contributed by atoms with Gasteiger partial charge < -0.3 is 14.9 Å². The van der Waals surface area contributed by atoms with Gasteiger partial charge in [-0.15, -0.1) is 12.4 Å². The lowest BCUT2D eigenvalue weighted by atomic mass is 9.84. The maximum absolute atomic E-state index is 10.8. The number of unbranched alkanes of at least 4 members (excludes halogenated alkanes) is 1. The second-order valence-corrected chi connectivity index (χ2v) is 6.85. The van der Waals surface area contributed by atoms with Crippen molar-refractivity contribution in [3.05, 3.63) is 48.0 Å². The molecule has 0 saturated carbocycles. The largest absolute Gasteiger partial charge is 0.481 e. The van der Waals surface area contributed by atoms with Gasteiger partial charge in [0.15, 0.2) is 0 Å². The Labute approximate surface area is 175 Å². The molecule has 1 aliphatic heterocycles. The first-order valence-corrected chi connectivity index (χ1v) is 9.96. The first-order valence-electron chi connectivity index (χ1n) is 9.96. The van der Waals surface area contributed by atoms with Crippen LogP contribution in [-0.4, -0.2) is 53.9 Å². The lowest BCUT2D eigenvalue weighted by molar-refractivity contribution is -0.136. The summed E-state index contributed by atoms with van der Waals surface area (Å²) in [6.45, 7) is 8.16. The molecule has 0 aliphatic carbocycles. The van der Waals surface area contributed by atoms with Gasteiger partial charge in [-0.3, -0.25) is 9.69 Å². The summed E-state index contributed by atoms with van der Waals surface area (Å²) >= 11 is 0. The smallest absolute Gasteiger partial charge is 0.303 e. The van der Waals surface area contributed by atoms with Crippen LogP contribution in [0.3, 0.4) is 0 Å². The number of hydrogen-bond donors (Lipinski definition) is 2. The topological polar surface area (TPSA) is 70.0 Å². The molecule has 0 unspecified atom stereocenters. The first-order chi connectivity index (χ1) is 13.0. The highest BCUT2D eigenvalue weighted by atomic mass is 35.5. The minimum Gasteiger partial charge on any atom is -0.481 e. The fourth-order valence-electron chi connectivity index (χ4n) is 2.83. The molecule has 1 saturated heterocycles. The molecular formula is C22H36ClNO4. The van der Waals surface area contributed by atoms with Crippen molar-refractivity contribution in [3.8, 4) is 0 Å². The summed E-state index contributed by atoms with van der Waals surface area (Å²) in [4.78, 5) is 11.8. The van der Waals surface area contributed by atoms with Gasteiger partial charge >= 0.3 is 5.97 Å². The summed E-state index contributed by atoms with van der Waals surface area (Å²) in [6, 6.07) is 10.1. The van der Waals surface area contributed by atoms with Crippen molar-refractivity contribution < 1.29 is 19.7 Å². The van der Waals surface area contributed by atoms with Crippen LogP contribution >= 0.6 is 12.4 Å². The monoisotopic (exact) mass is 413 g/mol. The molecule has 0 amide bonds. The summed E-state index contributed by atoms with van der Waals surface area (Å²) in [5.41, 5.74) is 0.402. The lowest BCUT2D eigenvalue weighted by Gasteiger charge is -2.38. The number of nitrogens with zero attached hydrogens (tertiary/aromatic N) is 1. The zero-order chi connectivity index (χ0) is 20.0. The van der Waals surface area contributed by atoms with Crippen LogP contribution in [0.2, 0.25) is 0 Å². The molecule has 0 atom stereocenters. The third kappa shape index (κ3) is 10.8. The summed E-state index contributed by atoms with van der Waals surface area (Å²) in [5.74, 6) is -0.745. The Balaban J connectivity index is 0.00000108. The molecule has 5 nitrogen and oxygen atoms in total. The van der Waals surface area contributed by atoms with Crippen molar-refractivity contribution >= 4 is 18.4 Å². The van der Waals surface area contributed by atoms with E-state index in [1.165, 1.54) is 6.42 Å². The SMILES string of the molecule is CCC(=O)O.CCCCOC/C=C/CN1CCC(O)(c2ccccc2)CC1.Cl. The average molecular weight is 414 g/mol. The maximum Gasteiger partial charge on any atom is 0.303 e. The van der Waals surface area contributed by atoms with E-state index >= 15 is 0 Å². The predicted octanol–water partition coefficient (Wildman–Crippen LogP) is 4.25. The lowest BCUT2D eigenvalue weighted by Crippen LogP contribution is -2.42. The molecule has 0 radical (unpaired) electrons. The molecule has 2 rings (SSSR count). The molecule has 1 heterocycles. The summed E-state index contributed by atoms with van der Waals surface area (Å²) in [7, 11) is 0. The van der Waals surface area contributed by atoms with Crippen molar-refractivity contribution in [2.45, 2.75) is 51.6 Å². The van der Waals surface area contributed by atoms with Crippen molar-refractivity contribution in [1.29, 1.82) is 0 Å². The van der Waals surface area contributed by atoms with E-state index in [9.17, 15) is 9.90 Å². The van der Waals surface area contributed by atoms with Gasteiger partial charge in [-0.1, -0.05) is 62.8 Å². The molecule has 1 aliphatic rings. The van der Waals surface area contributed by atoms with Gasteiger partial charge in [-0.2, -0.15) is 0 Å². The van der Waals surface area contributed by atoms with Crippen molar-refractivity contribution in [2.75, 3.05) is 32.8 Å². The zero-order valence-electron chi connectivity index (χ0n) is 17.2. The van der Waals surface area contributed by atoms with E-state index < -0.39 is 11.6 Å². The molecule has 0 bridgehead atoms. The van der Waals surface area contributed by atoms with Crippen LogP contribution in [0.1, 0.15) is 51.5 Å². The number of rotatable bonds is 9. The number of aliphatic carboxylic acids is 1. The molecule has 28 heavy (non-hydrogen) atoms. The van der Waals surface area contributed by atoms with Crippen LogP contribution in [0.4, 0.5) is 0 Å². The number of halogens is 1. The number of piperidine rings is 1. The number of aliphatic hydroxyl groups is 1. The minimum atomic E-state index is -0.745. The summed E-state index contributed by atoms with van der Waals surface area (Å²) in [5, 5.41) is 18.5. The highest BCUT2D eigenvalue weighted by Gasteiger charge is 2.33. The molecular weight excluding hydrogens is 378 g/mol. The molecule has 1 aromatic rings. The molecule has 0 spiro atoms. The molecule has 0 aromatic heterocycles. The fourth-order valence-corrected chi connectivity index (χ4v) is 2.83. The average Bonchev–Trinajstić information content (AvgIpc) is 2.70. The molecule has 1 fully saturated rings. The number of benzene rings is 1. The predicted molar refractivity (Wildman–Crippen MR) is 116 cm³/mol. The Morgan fingerprint density at radius 3 is 2.32 bits per heavy atom. The molecule has 1 aromatic carbocycles. The van der Waals surface area contributed by atoms with E-state index in [4.69, 9.17) is 9.84 Å². The summed E-state index contributed by atoms with van der Waals surface area (Å²) in [6.07, 6.45) is 8.43. The molecule has 2 N–H and O–H groups in total. The van der Waals surface area contributed by atoms with Gasteiger partial charge in [-0.25, -0.2) is 0 Å². The minimum absolute atomic E-state index is 0. The van der Waals surface area contributed by atoms with Crippen LogP contribution < -0.4 is 0 Å². The Kier molecular flexibility index (Phi) is 14.7. The third-order valence-electron chi connectivity index (χ3n) is 4.68. The second-order valence-electron chi connectivity index (χ2n) is 6.85. The molecule has 160 valence electrons. The van der Waals surface area contributed by atoms with E-state index in [0.717, 1.165) is 51.1 Å². The van der Waals surface area contributed by atoms with Crippen LogP contribution in [0, 0.1) is 0 Å². The van der Waals surface area contributed by atoms with E-state index in [2.05, 4.69) is 24.0 Å². The van der Waals surface area contributed by atoms with E-state index in [1.807, 2.05) is 30.3 Å². The van der Waals surface area contributed by atoms with Gasteiger partial charge in [0.25, 0.3) is 0 Å². The number of carboxylic acids is 1. The molecule has 6 heteroatoms. The number of carboxylic acid groups (broad SMARTS) is 1. The number of carbonyl (C=O) groups is 1. The number of ether oxygens (including phenoxy) is 1. The van der Waals surface area contributed by atoms with Crippen molar-refractivity contribution in [1.82, 2.24) is 4.90 Å². The van der Waals surface area contributed by atoms with Gasteiger partial charge in [0.1, 0.15) is 0 Å². The quantitative estimate of drug-likeness (QED) is 0.468. The van der Waals surface area contributed by atoms with Crippen LogP contribution in [-0.2, 0) is 15.1 Å². The third-order valence-corrected chi connectivity index (χ3v) is 4.68. The fraction of sp³-hybridized carbons (Fsp3) is 0.591. The van der Waals surface area contributed by atoms with Gasteiger partial charge in [0, 0.05) is 32.7 Å². The van der Waals surface area contributed by atoms with E-state index in [1.54, 1.807) is 6.92 Å². The maximum atomic E-state index is 10.8. The van der Waals surface area contributed by atoms with E-state index in [0.29, 0.717) is 6.61 Å². The Morgan fingerprint density at radius 2 is 1.79 bits per heavy atom. The second kappa shape index (κ2) is 15.5. The van der Waals surface area contributed by atoms with Crippen molar-refractivity contribution in [2.24, 2.45) is 0 Å². The zero-order valence-corrected chi connectivity index (χ0v) is 18.0. The highest BCUT2D eigenvalue weighted by molar-refractivity contribution is 5.85. The highest BCUT2D eigenvalue weighted by Crippen LogP contribution is 2.32. The Bertz CT molecular complexity index is 543. The van der Waals surface area contributed by atoms with Gasteiger partial charge in [0.2, 0.25) is 0 Å². The number of hydrogen-bond acceptors (Lipinski definition) is 4. The Hall–Kier alpha value is -1.40. The standard InChI is InChI=1S/C19H29NO2.C3H6O2.ClH/c1-2-3-16-22-17-8-7-13-20-14-11-19(21,12-15-20)18-9-5-4-6-10-18;1-2-3(4)5;/h4-10,21H,2-3,11-17H2,1H3;2H2,1H3,(H,4,5);1H/b8-7+;;. The summed E-state index contributed by atoms with van der Waals surface area (Å²) < 4.78 is 5.51. The number of likely N-dealkylation sites (tertiary alicyclic amines) is 1. The normalized spacial score (nSPS) is 16.1. The van der Waals surface area contributed by atoms with Gasteiger partial charge in [0.05, 0.1) is 12.2 Å². The van der Waals surface area contributed by atoms with Crippen LogP contribution in [0.25, 0.3) is 0 Å². The van der Waals surface area contributed by atoms with Crippen LogP contribution in [0.15, 0.2) is 42.5 Å². The van der Waals surface area contributed by atoms with E-state index in [-0.39, 0.29) is 18.8 Å². The van der Waals surface area contributed by atoms with Gasteiger partial charge in [-0.05, 0) is 24.8 Å². The first kappa shape index (κ1) is 26.6. The Morgan fingerprint density at radius 1 is 1.18 bits per heavy atom. The van der Waals surface area contributed by atoms with Crippen LogP contribution in [0.5, 0.6) is 0 Å². The van der Waals surface area contributed by atoms with Crippen molar-refractivity contribution in [3.63, 3.8) is 0 Å².